The summed E-state index contributed by atoms with van der Waals surface area (Å²) in [5.74, 6) is 5.21. The first-order valence-corrected chi connectivity index (χ1v) is 9.51. The van der Waals surface area contributed by atoms with Crippen molar-refractivity contribution in [2.75, 3.05) is 12.4 Å². The fourth-order valence-electron chi connectivity index (χ4n) is 2.24. The van der Waals surface area contributed by atoms with Gasteiger partial charge in [-0.2, -0.15) is 0 Å². The van der Waals surface area contributed by atoms with Crippen LogP contribution in [-0.4, -0.2) is 38.4 Å². The summed E-state index contributed by atoms with van der Waals surface area (Å²) in [4.78, 5) is 32.2. The van der Waals surface area contributed by atoms with E-state index in [-0.39, 0.29) is 40.4 Å². The summed E-state index contributed by atoms with van der Waals surface area (Å²) in [6.45, 7) is -0.181. The Morgan fingerprint density at radius 1 is 1.03 bits per heavy atom. The number of hydrogen-bond donors (Lipinski definition) is 0. The standard InChI is InChI=1S/C19H12N4O7S/c24-18(14-4-3-5-16(12-14)23(27)28)29-10-1-2-11-31-19-21-20-17(30-19)13-6-8-15(9-7-13)22(25)26/h3-9,12H,10-11H2. The third-order valence-corrected chi connectivity index (χ3v) is 4.39. The van der Waals surface area contributed by atoms with Crippen molar-refractivity contribution in [1.82, 2.24) is 10.2 Å². The molecule has 0 aliphatic carbocycles. The molecule has 0 spiro atoms. The first-order valence-electron chi connectivity index (χ1n) is 8.52. The zero-order valence-electron chi connectivity index (χ0n) is 15.6. The van der Waals surface area contributed by atoms with E-state index in [1.165, 1.54) is 54.2 Å². The van der Waals surface area contributed by atoms with E-state index in [1.54, 1.807) is 0 Å². The van der Waals surface area contributed by atoms with Crippen LogP contribution in [0.15, 0.2) is 58.2 Å². The maximum Gasteiger partial charge on any atom is 0.339 e. The Hall–Kier alpha value is -4.24. The van der Waals surface area contributed by atoms with Gasteiger partial charge in [0.1, 0.15) is 0 Å². The Morgan fingerprint density at radius 3 is 2.48 bits per heavy atom. The highest BCUT2D eigenvalue weighted by Gasteiger charge is 2.12. The summed E-state index contributed by atoms with van der Waals surface area (Å²) in [6.07, 6.45) is 0. The molecular weight excluding hydrogens is 428 g/mol. The van der Waals surface area contributed by atoms with Gasteiger partial charge in [-0.3, -0.25) is 20.2 Å². The number of nitro benzene ring substituents is 2. The van der Waals surface area contributed by atoms with Crippen molar-refractivity contribution in [3.63, 3.8) is 0 Å². The van der Waals surface area contributed by atoms with E-state index < -0.39 is 15.8 Å². The zero-order chi connectivity index (χ0) is 22.2. The lowest BCUT2D eigenvalue weighted by atomic mass is 10.2. The summed E-state index contributed by atoms with van der Waals surface area (Å²) in [7, 11) is 0. The van der Waals surface area contributed by atoms with Crippen molar-refractivity contribution in [3.8, 4) is 23.3 Å². The van der Waals surface area contributed by atoms with Crippen LogP contribution in [0.25, 0.3) is 11.5 Å². The van der Waals surface area contributed by atoms with Crippen LogP contribution in [0.3, 0.4) is 0 Å². The Balaban J connectivity index is 1.46. The van der Waals surface area contributed by atoms with Gasteiger partial charge in [0.15, 0.2) is 6.61 Å². The highest BCUT2D eigenvalue weighted by Crippen LogP contribution is 2.24. The number of thioether (sulfide) groups is 1. The Bertz CT molecular complexity index is 1180. The van der Waals surface area contributed by atoms with Crippen molar-refractivity contribution in [2.24, 2.45) is 0 Å². The van der Waals surface area contributed by atoms with E-state index in [0.29, 0.717) is 5.56 Å². The minimum atomic E-state index is -0.713. The van der Waals surface area contributed by atoms with Gasteiger partial charge in [-0.1, -0.05) is 29.7 Å². The zero-order valence-corrected chi connectivity index (χ0v) is 16.4. The van der Waals surface area contributed by atoms with E-state index in [1.807, 2.05) is 0 Å². The number of non-ortho nitro benzene ring substituents is 2. The molecular formula is C19H12N4O7S. The fraction of sp³-hybridized carbons (Fsp3) is 0.105. The smallest absolute Gasteiger partial charge is 0.339 e. The van der Waals surface area contributed by atoms with Crippen molar-refractivity contribution < 1.29 is 23.8 Å². The number of aromatic nitrogens is 2. The fourth-order valence-corrected chi connectivity index (χ4v) is 2.78. The lowest BCUT2D eigenvalue weighted by Crippen LogP contribution is -2.05. The second-order valence-electron chi connectivity index (χ2n) is 5.70. The lowest BCUT2D eigenvalue weighted by Gasteiger charge is -2.00. The van der Waals surface area contributed by atoms with Gasteiger partial charge in [-0.05, 0) is 18.2 Å². The predicted octanol–water partition coefficient (Wildman–Crippen LogP) is 3.51. The highest BCUT2D eigenvalue weighted by atomic mass is 32.2. The van der Waals surface area contributed by atoms with Crippen LogP contribution in [0.2, 0.25) is 0 Å². The third kappa shape index (κ3) is 5.87. The molecule has 11 nitrogen and oxygen atoms in total. The molecule has 0 atom stereocenters. The van der Waals surface area contributed by atoms with Gasteiger partial charge in [0.05, 0.1) is 21.2 Å². The number of carbonyl (C=O) groups is 1. The van der Waals surface area contributed by atoms with Crippen LogP contribution >= 0.6 is 11.8 Å². The summed E-state index contributed by atoms with van der Waals surface area (Å²) >= 11 is 1.17. The first-order chi connectivity index (χ1) is 14.9. The molecule has 0 bridgehead atoms. The van der Waals surface area contributed by atoms with Crippen LogP contribution < -0.4 is 0 Å². The number of nitro groups is 2. The van der Waals surface area contributed by atoms with Gasteiger partial charge >= 0.3 is 5.97 Å². The Kier molecular flexibility index (Phi) is 6.92. The van der Waals surface area contributed by atoms with Gasteiger partial charge in [0, 0.05) is 29.8 Å². The Morgan fingerprint density at radius 2 is 1.77 bits per heavy atom. The van der Waals surface area contributed by atoms with Crippen molar-refractivity contribution >= 4 is 29.1 Å². The van der Waals surface area contributed by atoms with E-state index in [9.17, 15) is 25.0 Å². The monoisotopic (exact) mass is 440 g/mol. The number of rotatable bonds is 7. The minimum Gasteiger partial charge on any atom is -0.449 e. The van der Waals surface area contributed by atoms with E-state index >= 15 is 0 Å². The summed E-state index contributed by atoms with van der Waals surface area (Å²) in [6, 6.07) is 10.9. The SMILES string of the molecule is O=C(OCC#CCSc1nnc(-c2ccc([N+](=O)[O-])cc2)o1)c1cccc([N+](=O)[O-])c1. The molecule has 0 saturated carbocycles. The number of esters is 1. The minimum absolute atomic E-state index is 0.0423. The molecule has 156 valence electrons. The van der Waals surface area contributed by atoms with Gasteiger partial charge in [-0.25, -0.2) is 4.79 Å². The largest absolute Gasteiger partial charge is 0.449 e. The average molecular weight is 440 g/mol. The topological polar surface area (TPSA) is 152 Å². The van der Waals surface area contributed by atoms with Gasteiger partial charge in [-0.15, -0.1) is 10.2 Å². The van der Waals surface area contributed by atoms with E-state index in [4.69, 9.17) is 9.15 Å². The third-order valence-electron chi connectivity index (χ3n) is 3.69. The molecule has 12 heteroatoms. The van der Waals surface area contributed by atoms with Crippen LogP contribution in [0.1, 0.15) is 10.4 Å². The average Bonchev–Trinajstić information content (AvgIpc) is 3.25. The molecule has 1 heterocycles. The van der Waals surface area contributed by atoms with Gasteiger partial charge < -0.3 is 9.15 Å². The molecule has 0 aliphatic heterocycles. The highest BCUT2D eigenvalue weighted by molar-refractivity contribution is 7.99. The number of hydrogen-bond acceptors (Lipinski definition) is 10. The maximum atomic E-state index is 11.9. The number of ether oxygens (including phenoxy) is 1. The van der Waals surface area contributed by atoms with Crippen LogP contribution in [-0.2, 0) is 4.74 Å². The second kappa shape index (κ2) is 9.99. The molecule has 0 fully saturated rings. The van der Waals surface area contributed by atoms with Crippen molar-refractivity contribution in [2.45, 2.75) is 5.22 Å². The molecule has 3 aromatic rings. The quantitative estimate of drug-likeness (QED) is 0.175. The summed E-state index contributed by atoms with van der Waals surface area (Å²) in [5, 5.41) is 29.4. The van der Waals surface area contributed by atoms with Crippen molar-refractivity contribution in [3.05, 3.63) is 74.3 Å². The number of carbonyl (C=O) groups excluding carboxylic acids is 1. The summed E-state index contributed by atoms with van der Waals surface area (Å²) < 4.78 is 10.4. The van der Waals surface area contributed by atoms with E-state index in [0.717, 1.165) is 6.07 Å². The normalized spacial score (nSPS) is 10.1. The number of benzene rings is 2. The van der Waals surface area contributed by atoms with Crippen LogP contribution in [0.4, 0.5) is 11.4 Å². The second-order valence-corrected chi connectivity index (χ2v) is 6.63. The molecule has 0 unspecified atom stereocenters. The van der Waals surface area contributed by atoms with Gasteiger partial charge in [0.2, 0.25) is 5.89 Å². The maximum absolute atomic E-state index is 11.9. The molecule has 0 saturated heterocycles. The van der Waals surface area contributed by atoms with Gasteiger partial charge in [0.25, 0.3) is 16.6 Å². The Labute approximate surface area is 178 Å². The molecule has 0 N–H and O–H groups in total. The molecule has 31 heavy (non-hydrogen) atoms. The molecule has 0 amide bonds. The first kappa shape index (κ1) is 21.5. The lowest BCUT2D eigenvalue weighted by molar-refractivity contribution is -0.385. The van der Waals surface area contributed by atoms with E-state index in [2.05, 4.69) is 22.0 Å². The molecule has 2 aromatic carbocycles. The molecule has 0 aliphatic rings. The van der Waals surface area contributed by atoms with Crippen molar-refractivity contribution in [1.29, 1.82) is 0 Å². The molecule has 0 radical (unpaired) electrons. The number of nitrogens with zero attached hydrogens (tertiary/aromatic N) is 4. The predicted molar refractivity (Wildman–Crippen MR) is 108 cm³/mol. The molecule has 1 aromatic heterocycles. The van der Waals surface area contributed by atoms with Crippen LogP contribution in [0.5, 0.6) is 0 Å². The summed E-state index contributed by atoms with van der Waals surface area (Å²) in [5.41, 5.74) is 0.364. The van der Waals surface area contributed by atoms with Crippen LogP contribution in [0, 0.1) is 32.1 Å². The molecule has 3 rings (SSSR count).